The van der Waals surface area contributed by atoms with Gasteiger partial charge in [-0.3, -0.25) is 10.1 Å². The fourth-order valence-corrected chi connectivity index (χ4v) is 3.12. The number of pyridine rings is 1. The molecule has 0 fully saturated rings. The second-order valence-corrected chi connectivity index (χ2v) is 6.20. The summed E-state index contributed by atoms with van der Waals surface area (Å²) in [4.78, 5) is 16.1. The monoisotopic (exact) mass is 317 g/mol. The molecule has 0 saturated carbocycles. The van der Waals surface area contributed by atoms with Crippen molar-refractivity contribution >= 4 is 45.5 Å². The Kier molecular flexibility index (Phi) is 4.17. The first-order chi connectivity index (χ1) is 8.95. The third kappa shape index (κ3) is 3.52. The minimum Gasteiger partial charge on any atom is -0.353 e. The smallest absolute Gasteiger partial charge is 0.275 e. The van der Waals surface area contributed by atoms with E-state index < -0.39 is 4.92 Å². The molecule has 0 unspecified atom stereocenters. The van der Waals surface area contributed by atoms with Gasteiger partial charge in [0, 0.05) is 20.2 Å². The number of anilines is 1. The second kappa shape index (κ2) is 5.68. The number of aromatic nitrogens is 3. The number of nitrogens with zero attached hydrogens (tertiary/aromatic N) is 5. The van der Waals surface area contributed by atoms with Crippen LogP contribution in [0.5, 0.6) is 0 Å². The summed E-state index contributed by atoms with van der Waals surface area (Å²) in [6, 6.07) is 2.56. The zero-order valence-corrected chi connectivity index (χ0v) is 12.3. The van der Waals surface area contributed by atoms with Gasteiger partial charge in [-0.05, 0) is 11.8 Å². The van der Waals surface area contributed by atoms with Gasteiger partial charge in [-0.25, -0.2) is 4.98 Å². The minimum atomic E-state index is -0.511. The molecule has 2 heterocycles. The van der Waals surface area contributed by atoms with Gasteiger partial charge in [0.15, 0.2) is 4.34 Å². The van der Waals surface area contributed by atoms with Gasteiger partial charge < -0.3 is 4.90 Å². The lowest BCUT2D eigenvalue weighted by Crippen LogP contribution is -2.07. The Morgan fingerprint density at radius 3 is 2.74 bits per heavy atom. The maximum absolute atomic E-state index is 10.7. The van der Waals surface area contributed by atoms with Gasteiger partial charge in [0.25, 0.3) is 5.69 Å². The van der Waals surface area contributed by atoms with Crippen molar-refractivity contribution in [3.8, 4) is 0 Å². The van der Waals surface area contributed by atoms with Crippen LogP contribution in [0, 0.1) is 10.1 Å². The molecule has 0 aliphatic heterocycles. The second-order valence-electron chi connectivity index (χ2n) is 3.59. The lowest BCUT2D eigenvalue weighted by Gasteiger charge is -2.03. The van der Waals surface area contributed by atoms with Gasteiger partial charge in [0.2, 0.25) is 5.13 Å². The molecule has 2 rings (SSSR count). The van der Waals surface area contributed by atoms with E-state index in [-0.39, 0.29) is 10.8 Å². The van der Waals surface area contributed by atoms with Crippen molar-refractivity contribution in [1.29, 1.82) is 0 Å². The highest BCUT2D eigenvalue weighted by Gasteiger charge is 2.13. The first-order valence-electron chi connectivity index (χ1n) is 4.96. The third-order valence-corrected chi connectivity index (χ3v) is 4.19. The molecule has 0 aliphatic rings. The summed E-state index contributed by atoms with van der Waals surface area (Å²) < 4.78 is 0.646. The van der Waals surface area contributed by atoms with Crippen LogP contribution in [0.3, 0.4) is 0 Å². The Balaban J connectivity index is 2.24. The molecule has 0 radical (unpaired) electrons. The molecule has 0 saturated heterocycles. The minimum absolute atomic E-state index is 0.0778. The number of hydrogen-bond acceptors (Lipinski definition) is 8. The van der Waals surface area contributed by atoms with Crippen LogP contribution in [-0.4, -0.2) is 34.2 Å². The standard InChI is InChI=1S/C9H8ClN5O2S2/c1-14(2)8-12-13-9(19-8)18-7-4-5(15(16)17)3-6(10)11-7/h3-4H,1-2H3. The average molecular weight is 318 g/mol. The summed E-state index contributed by atoms with van der Waals surface area (Å²) in [5, 5.41) is 19.9. The van der Waals surface area contributed by atoms with E-state index >= 15 is 0 Å². The van der Waals surface area contributed by atoms with E-state index in [1.165, 1.54) is 35.2 Å². The maximum Gasteiger partial charge on any atom is 0.275 e. The van der Waals surface area contributed by atoms with E-state index in [9.17, 15) is 10.1 Å². The fraction of sp³-hybridized carbons (Fsp3) is 0.222. The summed E-state index contributed by atoms with van der Waals surface area (Å²) in [7, 11) is 3.72. The highest BCUT2D eigenvalue weighted by molar-refractivity contribution is 8.01. The van der Waals surface area contributed by atoms with Crippen molar-refractivity contribution in [2.45, 2.75) is 9.37 Å². The largest absolute Gasteiger partial charge is 0.353 e. The molecule has 0 N–H and O–H groups in total. The highest BCUT2D eigenvalue weighted by atomic mass is 35.5. The predicted octanol–water partition coefficient (Wildman–Crippen LogP) is 2.71. The summed E-state index contributed by atoms with van der Waals surface area (Å²) in [6.07, 6.45) is 0. The van der Waals surface area contributed by atoms with Crippen molar-refractivity contribution in [3.63, 3.8) is 0 Å². The molecule has 0 aromatic carbocycles. The SMILES string of the molecule is CN(C)c1nnc(Sc2cc([N+](=O)[O-])cc(Cl)n2)s1. The summed E-state index contributed by atoms with van der Waals surface area (Å²) in [6.45, 7) is 0. The number of halogens is 1. The van der Waals surface area contributed by atoms with E-state index in [0.29, 0.717) is 9.37 Å². The molecule has 19 heavy (non-hydrogen) atoms. The van der Waals surface area contributed by atoms with Gasteiger partial charge in [0.05, 0.1) is 11.0 Å². The van der Waals surface area contributed by atoms with Crippen LogP contribution in [0.1, 0.15) is 0 Å². The lowest BCUT2D eigenvalue weighted by molar-refractivity contribution is -0.385. The van der Waals surface area contributed by atoms with E-state index in [0.717, 1.165) is 5.13 Å². The van der Waals surface area contributed by atoms with Gasteiger partial charge in [0.1, 0.15) is 10.2 Å². The summed E-state index contributed by atoms with van der Waals surface area (Å²) in [5.41, 5.74) is -0.0974. The molecular formula is C9H8ClN5O2S2. The van der Waals surface area contributed by atoms with Gasteiger partial charge in [-0.1, -0.05) is 22.9 Å². The Morgan fingerprint density at radius 2 is 2.16 bits per heavy atom. The maximum atomic E-state index is 10.7. The Labute approximate surface area is 121 Å². The van der Waals surface area contributed by atoms with Crippen molar-refractivity contribution in [1.82, 2.24) is 15.2 Å². The number of nitro groups is 1. The summed E-state index contributed by atoms with van der Waals surface area (Å²) >= 11 is 8.31. The van der Waals surface area contributed by atoms with E-state index in [1.54, 1.807) is 0 Å². The van der Waals surface area contributed by atoms with Crippen LogP contribution in [0.2, 0.25) is 5.15 Å². The van der Waals surface area contributed by atoms with Crippen LogP contribution in [0.25, 0.3) is 0 Å². The zero-order chi connectivity index (χ0) is 14.0. The molecule has 100 valence electrons. The molecule has 0 atom stereocenters. The number of hydrogen-bond donors (Lipinski definition) is 0. The molecule has 0 spiro atoms. The molecule has 0 bridgehead atoms. The van der Waals surface area contributed by atoms with Gasteiger partial charge >= 0.3 is 0 Å². The summed E-state index contributed by atoms with van der Waals surface area (Å²) in [5.74, 6) is 0. The Morgan fingerprint density at radius 1 is 1.42 bits per heavy atom. The molecule has 10 heteroatoms. The van der Waals surface area contributed by atoms with Gasteiger partial charge in [-0.2, -0.15) is 0 Å². The number of rotatable bonds is 4. The third-order valence-electron chi connectivity index (χ3n) is 1.94. The zero-order valence-electron chi connectivity index (χ0n) is 9.90. The molecule has 0 aliphatic carbocycles. The van der Waals surface area contributed by atoms with Crippen LogP contribution in [-0.2, 0) is 0 Å². The van der Waals surface area contributed by atoms with Crippen LogP contribution in [0.15, 0.2) is 21.5 Å². The van der Waals surface area contributed by atoms with Crippen molar-refractivity contribution in [2.75, 3.05) is 19.0 Å². The van der Waals surface area contributed by atoms with Crippen LogP contribution < -0.4 is 4.90 Å². The molecular weight excluding hydrogens is 310 g/mol. The normalized spacial score (nSPS) is 10.5. The van der Waals surface area contributed by atoms with Crippen LogP contribution in [0.4, 0.5) is 10.8 Å². The van der Waals surface area contributed by atoms with Crippen LogP contribution >= 0.6 is 34.7 Å². The van der Waals surface area contributed by atoms with Gasteiger partial charge in [-0.15, -0.1) is 10.2 Å². The fourth-order valence-electron chi connectivity index (χ4n) is 1.13. The average Bonchev–Trinajstić information content (AvgIpc) is 2.76. The highest BCUT2D eigenvalue weighted by Crippen LogP contribution is 2.33. The van der Waals surface area contributed by atoms with Crippen molar-refractivity contribution in [2.24, 2.45) is 0 Å². The molecule has 0 amide bonds. The first-order valence-corrected chi connectivity index (χ1v) is 6.97. The Hall–Kier alpha value is -1.45. The van der Waals surface area contributed by atoms with E-state index in [2.05, 4.69) is 15.2 Å². The van der Waals surface area contributed by atoms with Crippen molar-refractivity contribution < 1.29 is 4.92 Å². The van der Waals surface area contributed by atoms with E-state index in [4.69, 9.17) is 11.6 Å². The first kappa shape index (κ1) is 14.0. The quantitative estimate of drug-likeness (QED) is 0.487. The van der Waals surface area contributed by atoms with E-state index in [1.807, 2.05) is 19.0 Å². The molecule has 7 nitrogen and oxygen atoms in total. The Bertz CT molecular complexity index is 618. The topological polar surface area (TPSA) is 85.0 Å². The molecule has 2 aromatic rings. The van der Waals surface area contributed by atoms with Crippen molar-refractivity contribution in [3.05, 3.63) is 27.4 Å². The lowest BCUT2D eigenvalue weighted by atomic mass is 10.4. The predicted molar refractivity (Wildman–Crippen MR) is 74.3 cm³/mol. The molecule has 2 aromatic heterocycles.